The van der Waals surface area contributed by atoms with Crippen molar-refractivity contribution < 1.29 is 0 Å². The molecule has 0 heterocycles. The first-order valence-electron chi connectivity index (χ1n) is 7.27. The van der Waals surface area contributed by atoms with Crippen molar-refractivity contribution in [2.24, 2.45) is 5.41 Å². The van der Waals surface area contributed by atoms with Gasteiger partial charge in [-0.1, -0.05) is 80.9 Å². The number of hydrogen-bond acceptors (Lipinski definition) is 0. The second kappa shape index (κ2) is 5.92. The molecule has 0 saturated carbocycles. The van der Waals surface area contributed by atoms with Crippen molar-refractivity contribution in [2.75, 3.05) is 0 Å². The fraction of sp³-hybridized carbons (Fsp3) is 0.444. The molecule has 1 aliphatic carbocycles. The van der Waals surface area contributed by atoms with Gasteiger partial charge in [0, 0.05) is 0 Å². The van der Waals surface area contributed by atoms with Crippen molar-refractivity contribution in [3.63, 3.8) is 0 Å². The van der Waals surface area contributed by atoms with Crippen LogP contribution in [0.3, 0.4) is 0 Å². The molecule has 0 amide bonds. The van der Waals surface area contributed by atoms with E-state index in [2.05, 4.69) is 64.1 Å². The molecule has 2 rings (SSSR count). The van der Waals surface area contributed by atoms with Crippen molar-refractivity contribution in [1.82, 2.24) is 0 Å². The lowest BCUT2D eigenvalue weighted by molar-refractivity contribution is 0.516. The van der Waals surface area contributed by atoms with E-state index in [1.54, 1.807) is 16.0 Å². The van der Waals surface area contributed by atoms with Crippen LogP contribution in [0.15, 0.2) is 47.2 Å². The Morgan fingerprint density at radius 1 is 1.16 bits per heavy atom. The Labute approximate surface area is 120 Å². The zero-order valence-corrected chi connectivity index (χ0v) is 13.6. The third-order valence-electron chi connectivity index (χ3n) is 3.56. The van der Waals surface area contributed by atoms with Crippen LogP contribution in [0, 0.1) is 5.41 Å². The van der Waals surface area contributed by atoms with Gasteiger partial charge in [0.25, 0.3) is 0 Å². The molecule has 0 unspecified atom stereocenters. The van der Waals surface area contributed by atoms with Crippen LogP contribution in [0.1, 0.15) is 46.1 Å². The Hall–Kier alpha value is -1.08. The van der Waals surface area contributed by atoms with Gasteiger partial charge in [-0.05, 0) is 29.4 Å². The second-order valence-electron chi connectivity index (χ2n) is 6.28. The van der Waals surface area contributed by atoms with E-state index in [1.165, 1.54) is 18.4 Å². The third-order valence-corrected chi connectivity index (χ3v) is 5.09. The lowest BCUT2D eigenvalue weighted by atomic mass is 9.87. The number of rotatable bonds is 4. The summed E-state index contributed by atoms with van der Waals surface area (Å²) >= 11 is 0. The Kier molecular flexibility index (Phi) is 4.46. The highest BCUT2D eigenvalue weighted by Crippen LogP contribution is 2.33. The summed E-state index contributed by atoms with van der Waals surface area (Å²) in [4.78, 5) is 0. The Morgan fingerprint density at radius 3 is 2.58 bits per heavy atom. The van der Waals surface area contributed by atoms with E-state index in [1.807, 2.05) is 0 Å². The van der Waals surface area contributed by atoms with Crippen LogP contribution in [0.5, 0.6) is 0 Å². The topological polar surface area (TPSA) is 0 Å². The van der Waals surface area contributed by atoms with Crippen LogP contribution in [0.25, 0.3) is 0 Å². The molecular weight excluding hydrogens is 244 g/mol. The van der Waals surface area contributed by atoms with Gasteiger partial charge in [0.05, 0.1) is 0 Å². The fourth-order valence-electron chi connectivity index (χ4n) is 2.62. The third kappa shape index (κ3) is 3.47. The second-order valence-corrected chi connectivity index (χ2v) is 7.67. The zero-order valence-electron chi connectivity index (χ0n) is 12.6. The van der Waals surface area contributed by atoms with Gasteiger partial charge in [-0.15, -0.1) is 0 Å². The summed E-state index contributed by atoms with van der Waals surface area (Å²) in [5.41, 5.74) is 3.36. The first-order chi connectivity index (χ1) is 9.02. The predicted molar refractivity (Wildman–Crippen MR) is 86.1 cm³/mol. The molecule has 19 heavy (non-hydrogen) atoms. The highest BCUT2D eigenvalue weighted by atomic mass is 28.2. The van der Waals surface area contributed by atoms with Crippen LogP contribution in [0.2, 0.25) is 0 Å². The summed E-state index contributed by atoms with van der Waals surface area (Å²) in [5.74, 6) is 0. The number of allylic oxidation sites excluding steroid dienone is 4. The van der Waals surface area contributed by atoms with Gasteiger partial charge < -0.3 is 0 Å². The molecule has 0 aromatic heterocycles. The summed E-state index contributed by atoms with van der Waals surface area (Å²) in [7, 11) is 0.838. The summed E-state index contributed by atoms with van der Waals surface area (Å²) in [6, 6.07) is 8.96. The van der Waals surface area contributed by atoms with Crippen LogP contribution < -0.4 is 5.19 Å². The number of aryl methyl sites for hydroxylation is 1. The minimum absolute atomic E-state index is 0.273. The standard InChI is InChI=1S/C18H24Si/c1-5-9-14-10-6-7-12-16(14)19-17-13-8-11-15(17)18(2,3)4/h6-8,10-12H,5,9,13H2,1-4H3. The van der Waals surface area contributed by atoms with Gasteiger partial charge >= 0.3 is 0 Å². The highest BCUT2D eigenvalue weighted by Gasteiger charge is 2.22. The van der Waals surface area contributed by atoms with Crippen molar-refractivity contribution in [2.45, 2.75) is 47.0 Å². The molecule has 0 N–H and O–H groups in total. The van der Waals surface area contributed by atoms with Gasteiger partial charge in [-0.2, -0.15) is 0 Å². The molecule has 0 spiro atoms. The van der Waals surface area contributed by atoms with Gasteiger partial charge in [0.1, 0.15) is 9.52 Å². The average Bonchev–Trinajstić information content (AvgIpc) is 2.80. The highest BCUT2D eigenvalue weighted by molar-refractivity contribution is 6.62. The minimum Gasteiger partial charge on any atom is -0.0806 e. The summed E-state index contributed by atoms with van der Waals surface area (Å²) in [6.45, 7) is 9.22. The van der Waals surface area contributed by atoms with Crippen LogP contribution >= 0.6 is 0 Å². The number of hydrogen-bond donors (Lipinski definition) is 0. The Balaban J connectivity index is 2.27. The van der Waals surface area contributed by atoms with E-state index >= 15 is 0 Å². The molecule has 1 aromatic carbocycles. The Morgan fingerprint density at radius 2 is 1.89 bits per heavy atom. The molecule has 0 fully saturated rings. The van der Waals surface area contributed by atoms with Gasteiger partial charge in [0.2, 0.25) is 0 Å². The van der Waals surface area contributed by atoms with E-state index in [0.717, 1.165) is 15.9 Å². The maximum atomic E-state index is 2.34. The van der Waals surface area contributed by atoms with Crippen molar-refractivity contribution in [3.05, 3.63) is 52.8 Å². The minimum atomic E-state index is 0.273. The molecule has 1 aliphatic rings. The average molecular weight is 268 g/mol. The van der Waals surface area contributed by atoms with Gasteiger partial charge in [0.15, 0.2) is 0 Å². The van der Waals surface area contributed by atoms with Crippen molar-refractivity contribution in [1.29, 1.82) is 0 Å². The summed E-state index contributed by atoms with van der Waals surface area (Å²) in [6.07, 6.45) is 8.24. The monoisotopic (exact) mass is 268 g/mol. The fourth-order valence-corrected chi connectivity index (χ4v) is 4.30. The van der Waals surface area contributed by atoms with Crippen molar-refractivity contribution in [3.8, 4) is 0 Å². The zero-order chi connectivity index (χ0) is 13.9. The smallest absolute Gasteiger partial charge is 0.0806 e. The Bertz CT molecular complexity index is 501. The lowest BCUT2D eigenvalue weighted by Crippen LogP contribution is -2.23. The molecule has 100 valence electrons. The lowest BCUT2D eigenvalue weighted by Gasteiger charge is -2.22. The molecule has 0 atom stereocenters. The maximum absolute atomic E-state index is 2.34. The molecular formula is C18H24Si. The quantitative estimate of drug-likeness (QED) is 0.717. The normalized spacial score (nSPS) is 15.4. The van der Waals surface area contributed by atoms with Crippen molar-refractivity contribution >= 4 is 14.7 Å². The van der Waals surface area contributed by atoms with Crippen LogP contribution in [-0.2, 0) is 6.42 Å². The van der Waals surface area contributed by atoms with E-state index in [-0.39, 0.29) is 5.41 Å². The maximum Gasteiger partial charge on any atom is 0.117 e. The first-order valence-corrected chi connectivity index (χ1v) is 8.27. The first kappa shape index (κ1) is 14.3. The molecule has 0 aliphatic heterocycles. The van der Waals surface area contributed by atoms with Crippen LogP contribution in [0.4, 0.5) is 0 Å². The van der Waals surface area contributed by atoms with Gasteiger partial charge in [-0.25, -0.2) is 0 Å². The SMILES string of the molecule is CCCc1ccccc1[Si]C1=C(C(C)(C)C)C=CC1. The van der Waals surface area contributed by atoms with E-state index in [0.29, 0.717) is 0 Å². The van der Waals surface area contributed by atoms with E-state index in [9.17, 15) is 0 Å². The predicted octanol–water partition coefficient (Wildman–Crippen LogP) is 4.23. The number of benzene rings is 1. The summed E-state index contributed by atoms with van der Waals surface area (Å²) in [5, 5.41) is 3.18. The molecule has 1 heteroatoms. The van der Waals surface area contributed by atoms with E-state index in [4.69, 9.17) is 0 Å². The molecule has 0 bridgehead atoms. The van der Waals surface area contributed by atoms with Crippen LogP contribution in [-0.4, -0.2) is 9.52 Å². The molecule has 2 radical (unpaired) electrons. The van der Waals surface area contributed by atoms with E-state index < -0.39 is 0 Å². The van der Waals surface area contributed by atoms with Gasteiger partial charge in [-0.3, -0.25) is 0 Å². The molecule has 1 aromatic rings. The summed E-state index contributed by atoms with van der Waals surface area (Å²) < 4.78 is 0. The molecule has 0 nitrogen and oxygen atoms in total. The molecule has 0 saturated heterocycles. The largest absolute Gasteiger partial charge is 0.117 e.